The van der Waals surface area contributed by atoms with Crippen LogP contribution in [0.2, 0.25) is 0 Å². The van der Waals surface area contributed by atoms with Crippen LogP contribution in [0.1, 0.15) is 49.3 Å². The number of likely N-dealkylation sites (tertiary alicyclic amines) is 1. The summed E-state index contributed by atoms with van der Waals surface area (Å²) in [6.45, 7) is 1.96. The Morgan fingerprint density at radius 3 is 2.75 bits per heavy atom. The summed E-state index contributed by atoms with van der Waals surface area (Å²) in [5.74, 6) is -0.0839. The third-order valence-electron chi connectivity index (χ3n) is 4.42. The maximum atomic E-state index is 13.6. The number of nitrogens with zero attached hydrogens (tertiary/aromatic N) is 1. The summed E-state index contributed by atoms with van der Waals surface area (Å²) in [6.07, 6.45) is 4.30. The lowest BCUT2D eigenvalue weighted by molar-refractivity contribution is -0.133. The Balaban J connectivity index is 2.04. The maximum Gasteiger partial charge on any atom is 0.223 e. The lowest BCUT2D eigenvalue weighted by atomic mass is 9.92. The highest BCUT2D eigenvalue weighted by atomic mass is 19.1. The van der Waals surface area contributed by atoms with Crippen LogP contribution in [0.4, 0.5) is 4.39 Å². The van der Waals surface area contributed by atoms with Gasteiger partial charge in [0.1, 0.15) is 5.82 Å². The van der Waals surface area contributed by atoms with Gasteiger partial charge in [0.05, 0.1) is 6.04 Å². The number of halogens is 1. The highest BCUT2D eigenvalue weighted by molar-refractivity contribution is 5.78. The average Bonchev–Trinajstić information content (AvgIpc) is 3.22. The van der Waals surface area contributed by atoms with Gasteiger partial charge in [0.25, 0.3) is 0 Å². The molecule has 1 amide bonds. The number of carbonyl (C=O) groups is 1. The number of benzene rings is 1. The van der Waals surface area contributed by atoms with Crippen molar-refractivity contribution in [2.24, 2.45) is 5.73 Å². The van der Waals surface area contributed by atoms with Crippen LogP contribution < -0.4 is 5.73 Å². The van der Waals surface area contributed by atoms with E-state index in [1.807, 2.05) is 11.8 Å². The third kappa shape index (κ3) is 2.44. The zero-order valence-corrected chi connectivity index (χ0v) is 11.8. The Morgan fingerprint density at radius 1 is 1.30 bits per heavy atom. The predicted octanol–water partition coefficient (Wildman–Crippen LogP) is 2.68. The van der Waals surface area contributed by atoms with Crippen molar-refractivity contribution in [3.63, 3.8) is 0 Å². The van der Waals surface area contributed by atoms with Crippen molar-refractivity contribution >= 4 is 5.91 Å². The SMILES string of the molecule is Cc1ccc(F)cc1C1C(N)CCCC(=O)N1C1CC1. The molecule has 2 aliphatic rings. The highest BCUT2D eigenvalue weighted by Gasteiger charge is 2.42. The van der Waals surface area contributed by atoms with E-state index in [-0.39, 0.29) is 23.8 Å². The predicted molar refractivity (Wildman–Crippen MR) is 75.6 cm³/mol. The van der Waals surface area contributed by atoms with Crippen LogP contribution >= 0.6 is 0 Å². The number of aryl methyl sites for hydroxylation is 1. The van der Waals surface area contributed by atoms with Gasteiger partial charge in [-0.25, -0.2) is 4.39 Å². The Kier molecular flexibility index (Phi) is 3.50. The summed E-state index contributed by atoms with van der Waals surface area (Å²) in [6, 6.07) is 4.81. The van der Waals surface area contributed by atoms with E-state index < -0.39 is 0 Å². The van der Waals surface area contributed by atoms with E-state index in [2.05, 4.69) is 0 Å². The van der Waals surface area contributed by atoms with Crippen molar-refractivity contribution in [1.82, 2.24) is 4.90 Å². The summed E-state index contributed by atoms with van der Waals surface area (Å²) in [5.41, 5.74) is 8.21. The minimum atomic E-state index is -0.259. The molecule has 1 saturated carbocycles. The van der Waals surface area contributed by atoms with Gasteiger partial charge in [-0.15, -0.1) is 0 Å². The van der Waals surface area contributed by atoms with E-state index in [1.54, 1.807) is 12.1 Å². The smallest absolute Gasteiger partial charge is 0.223 e. The van der Waals surface area contributed by atoms with E-state index in [0.29, 0.717) is 12.5 Å². The zero-order chi connectivity index (χ0) is 14.3. The number of carbonyl (C=O) groups excluding carboxylic acids is 1. The molecule has 0 spiro atoms. The van der Waals surface area contributed by atoms with E-state index in [9.17, 15) is 9.18 Å². The summed E-state index contributed by atoms with van der Waals surface area (Å²) >= 11 is 0. The van der Waals surface area contributed by atoms with Gasteiger partial charge in [-0.05, 0) is 55.9 Å². The van der Waals surface area contributed by atoms with Crippen molar-refractivity contribution in [3.05, 3.63) is 35.1 Å². The largest absolute Gasteiger partial charge is 0.331 e. The van der Waals surface area contributed by atoms with Gasteiger partial charge in [-0.2, -0.15) is 0 Å². The molecule has 3 nitrogen and oxygen atoms in total. The molecule has 0 aromatic heterocycles. The molecule has 1 aromatic carbocycles. The first-order valence-corrected chi connectivity index (χ1v) is 7.40. The molecule has 4 heteroatoms. The quantitative estimate of drug-likeness (QED) is 0.902. The van der Waals surface area contributed by atoms with Crippen molar-refractivity contribution < 1.29 is 9.18 Å². The van der Waals surface area contributed by atoms with Crippen molar-refractivity contribution in [2.45, 2.75) is 57.2 Å². The van der Waals surface area contributed by atoms with Crippen LogP contribution in [0.25, 0.3) is 0 Å². The van der Waals surface area contributed by atoms with Gasteiger partial charge in [-0.3, -0.25) is 4.79 Å². The lowest BCUT2D eigenvalue weighted by Gasteiger charge is -2.35. The lowest BCUT2D eigenvalue weighted by Crippen LogP contribution is -2.43. The van der Waals surface area contributed by atoms with Crippen molar-refractivity contribution in [2.75, 3.05) is 0 Å². The molecule has 2 atom stereocenters. The molecule has 1 saturated heterocycles. The highest BCUT2D eigenvalue weighted by Crippen LogP contribution is 2.40. The number of rotatable bonds is 2. The van der Waals surface area contributed by atoms with Gasteiger partial charge in [0.2, 0.25) is 5.91 Å². The van der Waals surface area contributed by atoms with Crippen LogP contribution in [0, 0.1) is 12.7 Å². The van der Waals surface area contributed by atoms with Gasteiger partial charge in [0.15, 0.2) is 0 Å². The second-order valence-electron chi connectivity index (χ2n) is 6.03. The third-order valence-corrected chi connectivity index (χ3v) is 4.42. The van der Waals surface area contributed by atoms with E-state index in [0.717, 1.165) is 36.8 Å². The molecule has 2 unspecified atom stereocenters. The molecule has 1 aliphatic carbocycles. The van der Waals surface area contributed by atoms with Gasteiger partial charge in [0, 0.05) is 18.5 Å². The minimum Gasteiger partial charge on any atom is -0.331 e. The normalized spacial score (nSPS) is 27.6. The van der Waals surface area contributed by atoms with Crippen LogP contribution in [0.15, 0.2) is 18.2 Å². The van der Waals surface area contributed by atoms with E-state index >= 15 is 0 Å². The van der Waals surface area contributed by atoms with Gasteiger partial charge >= 0.3 is 0 Å². The summed E-state index contributed by atoms with van der Waals surface area (Å²) in [5, 5.41) is 0. The monoisotopic (exact) mass is 276 g/mol. The van der Waals surface area contributed by atoms with E-state index in [1.165, 1.54) is 6.07 Å². The van der Waals surface area contributed by atoms with Crippen LogP contribution in [0.3, 0.4) is 0 Å². The molecule has 0 bridgehead atoms. The topological polar surface area (TPSA) is 46.3 Å². The van der Waals surface area contributed by atoms with E-state index in [4.69, 9.17) is 5.73 Å². The number of hydrogen-bond donors (Lipinski definition) is 1. The standard InChI is InChI=1S/C16H21FN2O/c1-10-5-6-11(17)9-13(10)16-14(18)3-2-4-15(20)19(16)12-7-8-12/h5-6,9,12,14,16H,2-4,7-8,18H2,1H3. The molecule has 2 fully saturated rings. The number of amides is 1. The molecule has 20 heavy (non-hydrogen) atoms. The fourth-order valence-corrected chi connectivity index (χ4v) is 3.23. The first-order chi connectivity index (χ1) is 9.58. The summed E-state index contributed by atoms with van der Waals surface area (Å²) in [4.78, 5) is 14.3. The van der Waals surface area contributed by atoms with Crippen LogP contribution in [-0.2, 0) is 4.79 Å². The number of hydrogen-bond acceptors (Lipinski definition) is 2. The van der Waals surface area contributed by atoms with Crippen molar-refractivity contribution in [1.29, 1.82) is 0 Å². The molecule has 1 aromatic rings. The Labute approximate surface area is 118 Å². The molecule has 3 rings (SSSR count). The minimum absolute atomic E-state index is 0.109. The van der Waals surface area contributed by atoms with Gasteiger partial charge in [-0.1, -0.05) is 6.07 Å². The average molecular weight is 276 g/mol. The first-order valence-electron chi connectivity index (χ1n) is 7.40. The van der Waals surface area contributed by atoms with Gasteiger partial charge < -0.3 is 10.6 Å². The zero-order valence-electron chi connectivity index (χ0n) is 11.8. The second-order valence-corrected chi connectivity index (χ2v) is 6.03. The fraction of sp³-hybridized carbons (Fsp3) is 0.562. The molecule has 1 heterocycles. The molecular formula is C16H21FN2O. The molecule has 108 valence electrons. The molecule has 2 N–H and O–H groups in total. The first kappa shape index (κ1) is 13.6. The summed E-state index contributed by atoms with van der Waals surface area (Å²) in [7, 11) is 0. The van der Waals surface area contributed by atoms with Crippen LogP contribution in [-0.4, -0.2) is 22.9 Å². The fourth-order valence-electron chi connectivity index (χ4n) is 3.23. The van der Waals surface area contributed by atoms with Crippen LogP contribution in [0.5, 0.6) is 0 Å². The Hall–Kier alpha value is -1.42. The Bertz CT molecular complexity index is 527. The maximum absolute atomic E-state index is 13.6. The molecule has 1 aliphatic heterocycles. The van der Waals surface area contributed by atoms with Crippen molar-refractivity contribution in [3.8, 4) is 0 Å². The molecule has 0 radical (unpaired) electrons. The Morgan fingerprint density at radius 2 is 2.05 bits per heavy atom. The molecular weight excluding hydrogens is 255 g/mol. The number of nitrogens with two attached hydrogens (primary N) is 1. The second kappa shape index (κ2) is 5.17. The summed E-state index contributed by atoms with van der Waals surface area (Å²) < 4.78 is 13.6.